The van der Waals surface area contributed by atoms with Crippen LogP contribution in [0, 0.1) is 0 Å². The molecule has 0 saturated heterocycles. The van der Waals surface area contributed by atoms with E-state index in [1.165, 1.54) is 33.4 Å². The molecule has 0 N–H and O–H groups in total. The molecule has 0 bridgehead atoms. The predicted octanol–water partition coefficient (Wildman–Crippen LogP) is 11.3. The lowest BCUT2D eigenvalue weighted by Crippen LogP contribution is -2.32. The van der Waals surface area contributed by atoms with Crippen LogP contribution in [-0.2, 0) is 5.41 Å². The molecule has 45 heavy (non-hydrogen) atoms. The topological polar surface area (TPSA) is 12.5 Å². The molecule has 0 atom stereocenters. The molecule has 2 heteroatoms. The van der Waals surface area contributed by atoms with Crippen LogP contribution in [0.25, 0.3) is 22.3 Å². The van der Waals surface area contributed by atoms with Gasteiger partial charge in [-0.15, -0.1) is 0 Å². The van der Waals surface area contributed by atoms with Gasteiger partial charge in [0.05, 0.1) is 5.41 Å². The first-order valence-corrected chi connectivity index (χ1v) is 15.4. The molecule has 9 rings (SSSR count). The van der Waals surface area contributed by atoms with Crippen LogP contribution in [0.15, 0.2) is 176 Å². The molecule has 7 aromatic carbocycles. The van der Waals surface area contributed by atoms with E-state index in [2.05, 4.69) is 181 Å². The van der Waals surface area contributed by atoms with Gasteiger partial charge in [0.2, 0.25) is 0 Å². The van der Waals surface area contributed by atoms with Crippen molar-refractivity contribution in [3.8, 4) is 33.8 Å². The van der Waals surface area contributed by atoms with Crippen LogP contribution >= 0.6 is 0 Å². The van der Waals surface area contributed by atoms with Gasteiger partial charge in [0.15, 0.2) is 0 Å². The van der Waals surface area contributed by atoms with Gasteiger partial charge in [-0.3, -0.25) is 0 Å². The maximum atomic E-state index is 6.73. The molecule has 1 aliphatic heterocycles. The maximum Gasteiger partial charge on any atom is 0.132 e. The first-order chi connectivity index (χ1) is 22.3. The summed E-state index contributed by atoms with van der Waals surface area (Å²) in [5, 5.41) is 0. The van der Waals surface area contributed by atoms with Crippen LogP contribution < -0.4 is 9.64 Å². The molecule has 0 radical (unpaired) electrons. The highest BCUT2D eigenvalue weighted by Crippen LogP contribution is 2.62. The molecular formula is C43H29NO. The predicted molar refractivity (Wildman–Crippen MR) is 184 cm³/mol. The summed E-state index contributed by atoms with van der Waals surface area (Å²) in [6.07, 6.45) is 0. The fourth-order valence-corrected chi connectivity index (χ4v) is 7.44. The molecule has 1 spiro atoms. The number of anilines is 3. The molecule has 0 aromatic heterocycles. The van der Waals surface area contributed by atoms with Crippen molar-refractivity contribution in [3.63, 3.8) is 0 Å². The zero-order valence-corrected chi connectivity index (χ0v) is 24.6. The Bertz CT molecular complexity index is 2100. The Balaban J connectivity index is 1.17. The van der Waals surface area contributed by atoms with Crippen molar-refractivity contribution in [1.82, 2.24) is 0 Å². The van der Waals surface area contributed by atoms with Gasteiger partial charge in [0.25, 0.3) is 0 Å². The van der Waals surface area contributed by atoms with Crippen molar-refractivity contribution in [1.29, 1.82) is 0 Å². The molecule has 0 saturated carbocycles. The third-order valence-corrected chi connectivity index (χ3v) is 9.34. The number of fused-ring (bicyclic) bond motifs is 9. The Morgan fingerprint density at radius 2 is 0.822 bits per heavy atom. The highest BCUT2D eigenvalue weighted by molar-refractivity contribution is 5.89. The Hall–Kier alpha value is -5.86. The molecule has 1 aliphatic carbocycles. The Morgan fingerprint density at radius 1 is 0.356 bits per heavy atom. The van der Waals surface area contributed by atoms with Crippen LogP contribution in [0.5, 0.6) is 11.5 Å². The Morgan fingerprint density at radius 3 is 1.44 bits per heavy atom. The number of hydrogen-bond acceptors (Lipinski definition) is 2. The van der Waals surface area contributed by atoms with Gasteiger partial charge in [-0.05, 0) is 81.9 Å². The van der Waals surface area contributed by atoms with E-state index in [1.807, 2.05) is 0 Å². The van der Waals surface area contributed by atoms with E-state index in [4.69, 9.17) is 4.74 Å². The summed E-state index contributed by atoms with van der Waals surface area (Å²) in [6, 6.07) is 62.8. The average molecular weight is 576 g/mol. The van der Waals surface area contributed by atoms with Crippen LogP contribution in [0.4, 0.5) is 17.1 Å². The minimum atomic E-state index is -0.439. The van der Waals surface area contributed by atoms with Gasteiger partial charge in [0, 0.05) is 28.2 Å². The highest BCUT2D eigenvalue weighted by atomic mass is 16.5. The van der Waals surface area contributed by atoms with E-state index >= 15 is 0 Å². The normalized spacial score (nSPS) is 13.2. The first kappa shape index (κ1) is 25.6. The molecule has 2 aliphatic rings. The summed E-state index contributed by atoms with van der Waals surface area (Å²) in [7, 11) is 0. The number of ether oxygens (including phenoxy) is 1. The van der Waals surface area contributed by atoms with E-state index in [0.717, 1.165) is 39.7 Å². The monoisotopic (exact) mass is 575 g/mol. The Kier molecular flexibility index (Phi) is 5.76. The molecule has 212 valence electrons. The van der Waals surface area contributed by atoms with E-state index in [0.29, 0.717) is 0 Å². The van der Waals surface area contributed by atoms with E-state index < -0.39 is 5.41 Å². The summed E-state index contributed by atoms with van der Waals surface area (Å²) in [6.45, 7) is 0. The minimum absolute atomic E-state index is 0.439. The maximum absolute atomic E-state index is 6.73. The molecule has 0 unspecified atom stereocenters. The number of nitrogens with zero attached hydrogens (tertiary/aromatic N) is 1. The summed E-state index contributed by atoms with van der Waals surface area (Å²) in [4.78, 5) is 2.29. The smallest absolute Gasteiger partial charge is 0.132 e. The fraction of sp³-hybridized carbons (Fsp3) is 0.0233. The van der Waals surface area contributed by atoms with Crippen LogP contribution in [0.3, 0.4) is 0 Å². The lowest BCUT2D eigenvalue weighted by atomic mass is 9.66. The molecular weight excluding hydrogens is 546 g/mol. The zero-order valence-electron chi connectivity index (χ0n) is 24.6. The van der Waals surface area contributed by atoms with Crippen molar-refractivity contribution in [2.45, 2.75) is 5.41 Å². The second-order valence-corrected chi connectivity index (χ2v) is 11.7. The molecule has 0 amide bonds. The highest BCUT2D eigenvalue weighted by Gasteiger charge is 2.50. The summed E-state index contributed by atoms with van der Waals surface area (Å²) >= 11 is 0. The number of rotatable bonds is 4. The second kappa shape index (κ2) is 10.1. The molecule has 2 nitrogen and oxygen atoms in total. The lowest BCUT2D eigenvalue weighted by molar-refractivity contribution is 0.436. The van der Waals surface area contributed by atoms with Crippen molar-refractivity contribution in [2.75, 3.05) is 4.90 Å². The van der Waals surface area contributed by atoms with Crippen molar-refractivity contribution < 1.29 is 4.74 Å². The lowest BCUT2D eigenvalue weighted by Gasteiger charge is -2.39. The summed E-state index contributed by atoms with van der Waals surface area (Å²) in [5.41, 5.74) is 12.7. The van der Waals surface area contributed by atoms with Crippen molar-refractivity contribution in [2.24, 2.45) is 0 Å². The van der Waals surface area contributed by atoms with Crippen LogP contribution in [0.2, 0.25) is 0 Å². The van der Waals surface area contributed by atoms with Gasteiger partial charge in [-0.1, -0.05) is 127 Å². The fourth-order valence-electron chi connectivity index (χ4n) is 7.44. The van der Waals surface area contributed by atoms with Crippen LogP contribution in [0.1, 0.15) is 22.3 Å². The van der Waals surface area contributed by atoms with E-state index in [9.17, 15) is 0 Å². The van der Waals surface area contributed by atoms with Gasteiger partial charge < -0.3 is 9.64 Å². The average Bonchev–Trinajstić information content (AvgIpc) is 3.40. The van der Waals surface area contributed by atoms with E-state index in [1.54, 1.807) is 0 Å². The van der Waals surface area contributed by atoms with E-state index in [-0.39, 0.29) is 0 Å². The second-order valence-electron chi connectivity index (χ2n) is 11.7. The number of para-hydroxylation sites is 3. The SMILES string of the molecule is c1ccc(N(c2ccccc2)c2ccc(-c3ccc4c(c3)Oc3ccccc3C43c4ccccc4-c4ccccc43)cc2)cc1. The van der Waals surface area contributed by atoms with Gasteiger partial charge in [-0.2, -0.15) is 0 Å². The Labute approximate surface area is 263 Å². The summed E-state index contributed by atoms with van der Waals surface area (Å²) < 4.78 is 6.73. The standard InChI is InChI=1S/C43H29NO/c1-3-13-32(14-4-1)44(33-15-5-2-6-16-33)34-26-23-30(24-27-34)31-25-28-40-42(29-31)45-41-22-12-11-21-39(41)43(40)37-19-9-7-17-35(37)36-18-8-10-20-38(36)43/h1-29H. The molecule has 1 heterocycles. The number of benzene rings is 7. The zero-order chi connectivity index (χ0) is 29.8. The van der Waals surface area contributed by atoms with Gasteiger partial charge in [-0.25, -0.2) is 0 Å². The third kappa shape index (κ3) is 3.82. The first-order valence-electron chi connectivity index (χ1n) is 15.4. The van der Waals surface area contributed by atoms with Crippen LogP contribution in [-0.4, -0.2) is 0 Å². The largest absolute Gasteiger partial charge is 0.457 e. The quantitative estimate of drug-likeness (QED) is 0.207. The van der Waals surface area contributed by atoms with Crippen molar-refractivity contribution >= 4 is 17.1 Å². The molecule has 0 fully saturated rings. The van der Waals surface area contributed by atoms with Crippen molar-refractivity contribution in [3.05, 3.63) is 198 Å². The minimum Gasteiger partial charge on any atom is -0.457 e. The molecule has 7 aromatic rings. The third-order valence-electron chi connectivity index (χ3n) is 9.34. The van der Waals surface area contributed by atoms with Gasteiger partial charge >= 0.3 is 0 Å². The summed E-state index contributed by atoms with van der Waals surface area (Å²) in [5.74, 6) is 1.81. The number of hydrogen-bond donors (Lipinski definition) is 0. The van der Waals surface area contributed by atoms with Gasteiger partial charge in [0.1, 0.15) is 11.5 Å².